The second-order valence-corrected chi connectivity index (χ2v) is 5.59. The number of aromatic nitrogens is 1. The van der Waals surface area contributed by atoms with Gasteiger partial charge in [0.15, 0.2) is 0 Å². The minimum Gasteiger partial charge on any atom is -0.358 e. The molecule has 1 aromatic carbocycles. The van der Waals surface area contributed by atoms with Crippen LogP contribution in [0.5, 0.6) is 0 Å². The number of likely N-dealkylation sites (N-methyl/N-ethyl adjacent to an activating group) is 1. The summed E-state index contributed by atoms with van der Waals surface area (Å²) in [5.41, 5.74) is 4.41. The lowest BCUT2D eigenvalue weighted by Gasteiger charge is -2.28. The van der Waals surface area contributed by atoms with Gasteiger partial charge in [-0.15, -0.1) is 12.4 Å². The number of nitrogens with one attached hydrogen (secondary N) is 1. The molecule has 104 valence electrons. The Labute approximate surface area is 119 Å². The third-order valence-electron chi connectivity index (χ3n) is 4.17. The topological polar surface area (TPSA) is 19.0 Å². The number of H-pyrrole nitrogens is 1. The third kappa shape index (κ3) is 2.37. The largest absolute Gasteiger partial charge is 0.358 e. The summed E-state index contributed by atoms with van der Waals surface area (Å²) in [6.45, 7) is 1.82. The van der Waals surface area contributed by atoms with Crippen LogP contribution in [-0.4, -0.2) is 30.0 Å². The molecule has 1 aliphatic rings. The maximum Gasteiger partial charge on any atom is 0.126 e. The van der Waals surface area contributed by atoms with Crippen molar-refractivity contribution < 1.29 is 4.39 Å². The number of benzene rings is 1. The Hall–Kier alpha value is -1.06. The number of aryl methyl sites for hydroxylation is 2. The van der Waals surface area contributed by atoms with E-state index in [1.165, 1.54) is 17.7 Å². The molecule has 19 heavy (non-hydrogen) atoms. The molecule has 1 unspecified atom stereocenters. The zero-order valence-corrected chi connectivity index (χ0v) is 12.4. The van der Waals surface area contributed by atoms with Crippen LogP contribution < -0.4 is 0 Å². The van der Waals surface area contributed by atoms with Gasteiger partial charge in [-0.1, -0.05) is 0 Å². The first-order valence-corrected chi connectivity index (χ1v) is 6.52. The van der Waals surface area contributed by atoms with Crippen LogP contribution in [0.25, 0.3) is 10.9 Å². The summed E-state index contributed by atoms with van der Waals surface area (Å²) < 4.78 is 13.7. The molecule has 0 radical (unpaired) electrons. The van der Waals surface area contributed by atoms with E-state index in [0.717, 1.165) is 23.7 Å². The monoisotopic (exact) mass is 282 g/mol. The van der Waals surface area contributed by atoms with Gasteiger partial charge in [-0.3, -0.25) is 0 Å². The van der Waals surface area contributed by atoms with Crippen LogP contribution in [-0.2, 0) is 12.8 Å². The third-order valence-corrected chi connectivity index (χ3v) is 4.17. The fourth-order valence-corrected chi connectivity index (χ4v) is 2.97. The van der Waals surface area contributed by atoms with E-state index in [1.54, 1.807) is 6.07 Å². The number of hydrogen-bond acceptors (Lipinski definition) is 1. The second-order valence-electron chi connectivity index (χ2n) is 5.59. The molecule has 1 aromatic heterocycles. The number of hydrogen-bond donors (Lipinski definition) is 1. The molecule has 1 N–H and O–H groups in total. The minimum atomic E-state index is -0.101. The lowest BCUT2D eigenvalue weighted by Crippen LogP contribution is -2.33. The van der Waals surface area contributed by atoms with Crippen molar-refractivity contribution in [1.29, 1.82) is 0 Å². The molecular weight excluding hydrogens is 263 g/mol. The van der Waals surface area contributed by atoms with Gasteiger partial charge >= 0.3 is 0 Å². The average Bonchev–Trinajstić information content (AvgIpc) is 2.66. The summed E-state index contributed by atoms with van der Waals surface area (Å²) in [5, 5.41) is 1.07. The highest BCUT2D eigenvalue weighted by Gasteiger charge is 2.24. The van der Waals surface area contributed by atoms with Crippen molar-refractivity contribution in [2.45, 2.75) is 32.2 Å². The fraction of sp³-hybridized carbons (Fsp3) is 0.467. The SMILES string of the molecule is Cc1cc2[nH]c3c(c2cc1F)CC(N(C)C)CC3.Cl. The summed E-state index contributed by atoms with van der Waals surface area (Å²) >= 11 is 0. The van der Waals surface area contributed by atoms with E-state index in [1.807, 2.05) is 13.0 Å². The molecule has 0 aliphatic heterocycles. The van der Waals surface area contributed by atoms with Crippen LogP contribution in [0.2, 0.25) is 0 Å². The van der Waals surface area contributed by atoms with E-state index in [2.05, 4.69) is 24.0 Å². The first-order valence-electron chi connectivity index (χ1n) is 6.52. The van der Waals surface area contributed by atoms with Crippen LogP contribution in [0.15, 0.2) is 12.1 Å². The molecular formula is C15H20ClFN2. The van der Waals surface area contributed by atoms with E-state index in [-0.39, 0.29) is 18.2 Å². The highest BCUT2D eigenvalue weighted by atomic mass is 35.5. The molecule has 0 fully saturated rings. The average molecular weight is 283 g/mol. The summed E-state index contributed by atoms with van der Waals surface area (Å²) in [5.74, 6) is -0.101. The molecule has 0 saturated heterocycles. The van der Waals surface area contributed by atoms with E-state index in [9.17, 15) is 4.39 Å². The van der Waals surface area contributed by atoms with Gasteiger partial charge in [0.05, 0.1) is 0 Å². The summed E-state index contributed by atoms with van der Waals surface area (Å²) in [4.78, 5) is 5.73. The van der Waals surface area contributed by atoms with Crippen molar-refractivity contribution in [1.82, 2.24) is 9.88 Å². The standard InChI is InChI=1S/C15H19FN2.ClH/c1-9-6-15-12(8-13(9)16)11-7-10(18(2)3)4-5-14(11)17-15;/h6,8,10,17H,4-5,7H2,1-3H3;1H. The van der Waals surface area contributed by atoms with Crippen molar-refractivity contribution in [3.05, 3.63) is 34.8 Å². The Bertz CT molecular complexity index is 604. The van der Waals surface area contributed by atoms with E-state index < -0.39 is 0 Å². The lowest BCUT2D eigenvalue weighted by atomic mass is 9.91. The van der Waals surface area contributed by atoms with E-state index in [4.69, 9.17) is 0 Å². The quantitative estimate of drug-likeness (QED) is 0.849. The number of rotatable bonds is 1. The maximum atomic E-state index is 13.7. The van der Waals surface area contributed by atoms with Gasteiger partial charge in [-0.2, -0.15) is 0 Å². The van der Waals surface area contributed by atoms with Crippen LogP contribution in [0, 0.1) is 12.7 Å². The molecule has 0 saturated carbocycles. The van der Waals surface area contributed by atoms with Crippen LogP contribution in [0.3, 0.4) is 0 Å². The number of nitrogens with zero attached hydrogens (tertiary/aromatic N) is 1. The van der Waals surface area contributed by atoms with E-state index >= 15 is 0 Å². The maximum absolute atomic E-state index is 13.7. The zero-order valence-electron chi connectivity index (χ0n) is 11.6. The van der Waals surface area contributed by atoms with Gasteiger partial charge in [0, 0.05) is 22.6 Å². The molecule has 1 aliphatic carbocycles. The van der Waals surface area contributed by atoms with Crippen molar-refractivity contribution in [3.8, 4) is 0 Å². The van der Waals surface area contributed by atoms with E-state index in [0.29, 0.717) is 11.6 Å². The fourth-order valence-electron chi connectivity index (χ4n) is 2.97. The van der Waals surface area contributed by atoms with Gasteiger partial charge in [0.25, 0.3) is 0 Å². The zero-order chi connectivity index (χ0) is 12.9. The van der Waals surface area contributed by atoms with Crippen LogP contribution in [0.4, 0.5) is 4.39 Å². The van der Waals surface area contributed by atoms with Crippen LogP contribution in [0.1, 0.15) is 23.2 Å². The number of fused-ring (bicyclic) bond motifs is 3. The predicted molar refractivity (Wildman–Crippen MR) is 79.7 cm³/mol. The number of halogens is 2. The molecule has 4 heteroatoms. The van der Waals surface area contributed by atoms with Gasteiger partial charge in [-0.05, 0) is 63.5 Å². The Morgan fingerprint density at radius 3 is 2.74 bits per heavy atom. The summed E-state index contributed by atoms with van der Waals surface area (Å²) in [6.07, 6.45) is 3.26. The molecule has 3 rings (SSSR count). The Morgan fingerprint density at radius 2 is 2.05 bits per heavy atom. The Morgan fingerprint density at radius 1 is 1.32 bits per heavy atom. The van der Waals surface area contributed by atoms with Gasteiger partial charge < -0.3 is 9.88 Å². The predicted octanol–water partition coefficient (Wildman–Crippen LogP) is 3.46. The molecule has 1 heterocycles. The van der Waals surface area contributed by atoms with Crippen LogP contribution >= 0.6 is 12.4 Å². The van der Waals surface area contributed by atoms with Crippen molar-refractivity contribution in [3.63, 3.8) is 0 Å². The molecule has 2 aromatic rings. The van der Waals surface area contributed by atoms with Crippen molar-refractivity contribution in [2.24, 2.45) is 0 Å². The lowest BCUT2D eigenvalue weighted by molar-refractivity contribution is 0.268. The number of aromatic amines is 1. The molecule has 0 amide bonds. The molecule has 0 bridgehead atoms. The summed E-state index contributed by atoms with van der Waals surface area (Å²) in [7, 11) is 4.24. The van der Waals surface area contributed by atoms with Crippen molar-refractivity contribution in [2.75, 3.05) is 14.1 Å². The van der Waals surface area contributed by atoms with Gasteiger partial charge in [-0.25, -0.2) is 4.39 Å². The Balaban J connectivity index is 0.00000133. The smallest absolute Gasteiger partial charge is 0.126 e. The molecule has 1 atom stereocenters. The van der Waals surface area contributed by atoms with Gasteiger partial charge in [0.2, 0.25) is 0 Å². The second kappa shape index (κ2) is 5.14. The molecule has 0 spiro atoms. The normalized spacial score (nSPS) is 18.5. The first kappa shape index (κ1) is 14.4. The van der Waals surface area contributed by atoms with Gasteiger partial charge in [0.1, 0.15) is 5.82 Å². The highest BCUT2D eigenvalue weighted by Crippen LogP contribution is 2.31. The molecule has 2 nitrogen and oxygen atoms in total. The first-order chi connectivity index (χ1) is 8.56. The highest BCUT2D eigenvalue weighted by molar-refractivity contribution is 5.86. The Kier molecular flexibility index (Phi) is 3.88. The minimum absolute atomic E-state index is 0. The summed E-state index contributed by atoms with van der Waals surface area (Å²) in [6, 6.07) is 4.19. The van der Waals surface area contributed by atoms with Crippen molar-refractivity contribution >= 4 is 23.3 Å².